The summed E-state index contributed by atoms with van der Waals surface area (Å²) in [5.41, 5.74) is 0.885. The van der Waals surface area contributed by atoms with Crippen molar-refractivity contribution in [2.45, 2.75) is 0 Å². The van der Waals surface area contributed by atoms with Crippen LogP contribution in [0.4, 0.5) is 0 Å². The highest BCUT2D eigenvalue weighted by Crippen LogP contribution is 2.27. The molecule has 0 saturated heterocycles. The van der Waals surface area contributed by atoms with Gasteiger partial charge in [0.05, 0.1) is 19.9 Å². The van der Waals surface area contributed by atoms with Gasteiger partial charge in [-0.2, -0.15) is 0 Å². The minimum absolute atomic E-state index is 0.726. The van der Waals surface area contributed by atoms with Gasteiger partial charge >= 0.3 is 0 Å². The van der Waals surface area contributed by atoms with E-state index in [1.54, 1.807) is 25.0 Å². The molecule has 0 unspecified atom stereocenters. The topological polar surface area (TPSA) is 36.3 Å². The van der Waals surface area contributed by atoms with Crippen LogP contribution in [0.1, 0.15) is 0 Å². The molecule has 0 aliphatic rings. The number of hydrogen-bond acceptors (Lipinski definition) is 3. The normalized spacial score (nSPS) is 10.0. The Labute approximate surface area is 88.1 Å². The summed E-state index contributed by atoms with van der Waals surface area (Å²) in [7, 11) is 3.24. The molecule has 1 radical (unpaired) electrons. The molecule has 0 saturated carbocycles. The lowest BCUT2D eigenvalue weighted by Crippen LogP contribution is -1.96. The first-order valence-electron chi connectivity index (χ1n) is 4.48. The second kappa shape index (κ2) is 4.04. The molecular weight excluding hydrogens is 192 g/mol. The fraction of sp³-hybridized carbons (Fsp3) is 0.182. The van der Waals surface area contributed by atoms with Crippen molar-refractivity contribution in [1.82, 2.24) is 9.55 Å². The van der Waals surface area contributed by atoms with Gasteiger partial charge in [0, 0.05) is 18.5 Å². The summed E-state index contributed by atoms with van der Waals surface area (Å²) in [6.45, 7) is 0. The average Bonchev–Trinajstić information content (AvgIpc) is 2.81. The highest BCUT2D eigenvalue weighted by Gasteiger charge is 2.06. The van der Waals surface area contributed by atoms with Gasteiger partial charge in [0.15, 0.2) is 6.33 Å². The molecule has 1 aromatic carbocycles. The van der Waals surface area contributed by atoms with Crippen molar-refractivity contribution in [3.8, 4) is 17.2 Å². The van der Waals surface area contributed by atoms with Gasteiger partial charge in [0.2, 0.25) is 0 Å². The lowest BCUT2D eigenvalue weighted by Gasteiger charge is -2.10. The predicted octanol–water partition coefficient (Wildman–Crippen LogP) is 1.69. The number of methoxy groups -OCH3 is 2. The van der Waals surface area contributed by atoms with Gasteiger partial charge in [0.1, 0.15) is 11.5 Å². The van der Waals surface area contributed by atoms with Gasteiger partial charge in [-0.05, 0) is 12.1 Å². The van der Waals surface area contributed by atoms with E-state index in [2.05, 4.69) is 11.3 Å². The molecule has 0 N–H and O–H groups in total. The van der Waals surface area contributed by atoms with Crippen LogP contribution in [0, 0.1) is 6.33 Å². The van der Waals surface area contributed by atoms with Crippen molar-refractivity contribution < 1.29 is 9.47 Å². The van der Waals surface area contributed by atoms with Gasteiger partial charge in [-0.15, -0.1) is 0 Å². The maximum atomic E-state index is 5.26. The Morgan fingerprint density at radius 1 is 1.27 bits per heavy atom. The van der Waals surface area contributed by atoms with E-state index >= 15 is 0 Å². The number of imidazole rings is 1. The third kappa shape index (κ3) is 1.79. The number of ether oxygens (including phenoxy) is 2. The van der Waals surface area contributed by atoms with Crippen molar-refractivity contribution in [3.05, 3.63) is 36.9 Å². The third-order valence-electron chi connectivity index (χ3n) is 2.10. The lowest BCUT2D eigenvalue weighted by molar-refractivity contribution is 0.393. The van der Waals surface area contributed by atoms with Crippen LogP contribution in [0.5, 0.6) is 11.5 Å². The van der Waals surface area contributed by atoms with Crippen molar-refractivity contribution >= 4 is 0 Å². The molecule has 0 amide bonds. The molecule has 15 heavy (non-hydrogen) atoms. The summed E-state index contributed by atoms with van der Waals surface area (Å²) in [5, 5.41) is 0. The molecule has 0 atom stereocenters. The Bertz CT molecular complexity index is 438. The highest BCUT2D eigenvalue weighted by molar-refractivity contribution is 5.50. The second-order valence-electron chi connectivity index (χ2n) is 2.94. The van der Waals surface area contributed by atoms with E-state index in [-0.39, 0.29) is 0 Å². The van der Waals surface area contributed by atoms with Crippen LogP contribution in [0.3, 0.4) is 0 Å². The van der Waals surface area contributed by atoms with Crippen LogP contribution in [-0.4, -0.2) is 23.8 Å². The summed E-state index contributed by atoms with van der Waals surface area (Å²) in [4.78, 5) is 3.87. The molecule has 2 rings (SSSR count). The van der Waals surface area contributed by atoms with E-state index in [0.29, 0.717) is 0 Å². The largest absolute Gasteiger partial charge is 0.497 e. The number of hydrogen-bond donors (Lipinski definition) is 0. The molecule has 4 heteroatoms. The molecule has 77 valence electrons. The SMILES string of the molecule is COc1ccc(-n2[c]ncc2)c(OC)c1. The van der Waals surface area contributed by atoms with E-state index in [4.69, 9.17) is 9.47 Å². The maximum absolute atomic E-state index is 5.26. The Kier molecular flexibility index (Phi) is 2.58. The maximum Gasteiger partial charge on any atom is 0.181 e. The first-order chi connectivity index (χ1) is 7.35. The Balaban J connectivity index is 2.48. The van der Waals surface area contributed by atoms with E-state index in [1.165, 1.54) is 0 Å². The van der Waals surface area contributed by atoms with Gasteiger partial charge in [-0.3, -0.25) is 4.57 Å². The quantitative estimate of drug-likeness (QED) is 0.761. The summed E-state index contributed by atoms with van der Waals surface area (Å²) in [6.07, 6.45) is 6.29. The van der Waals surface area contributed by atoms with Gasteiger partial charge in [0.25, 0.3) is 0 Å². The molecule has 0 aliphatic carbocycles. The van der Waals surface area contributed by atoms with E-state index in [1.807, 2.05) is 24.4 Å². The van der Waals surface area contributed by atoms with Gasteiger partial charge in [-0.25, -0.2) is 4.98 Å². The highest BCUT2D eigenvalue weighted by atomic mass is 16.5. The van der Waals surface area contributed by atoms with Crippen LogP contribution in [0.15, 0.2) is 30.6 Å². The van der Waals surface area contributed by atoms with Crippen LogP contribution in [-0.2, 0) is 0 Å². The second-order valence-corrected chi connectivity index (χ2v) is 2.94. The summed E-state index contributed by atoms with van der Waals surface area (Å²) in [6, 6.07) is 5.59. The molecule has 4 nitrogen and oxygen atoms in total. The van der Waals surface area contributed by atoms with Crippen molar-refractivity contribution in [1.29, 1.82) is 0 Å². The standard InChI is InChI=1S/C11H11N2O2/c1-14-9-3-4-10(11(7-9)15-2)13-6-5-12-8-13/h3-7H,1-2H3. The zero-order valence-electron chi connectivity index (χ0n) is 8.60. The van der Waals surface area contributed by atoms with Gasteiger partial charge < -0.3 is 9.47 Å². The van der Waals surface area contributed by atoms with E-state index in [0.717, 1.165) is 17.2 Å². The summed E-state index contributed by atoms with van der Waals surface area (Å²) < 4.78 is 12.1. The number of nitrogens with zero attached hydrogens (tertiary/aromatic N) is 2. The minimum atomic E-state index is 0.726. The van der Waals surface area contributed by atoms with Crippen molar-refractivity contribution in [2.24, 2.45) is 0 Å². The van der Waals surface area contributed by atoms with Gasteiger partial charge in [-0.1, -0.05) is 0 Å². The molecular formula is C11H11N2O2. The number of aromatic nitrogens is 2. The van der Waals surface area contributed by atoms with Crippen LogP contribution in [0.25, 0.3) is 5.69 Å². The minimum Gasteiger partial charge on any atom is -0.497 e. The predicted molar refractivity (Wildman–Crippen MR) is 55.5 cm³/mol. The van der Waals surface area contributed by atoms with Crippen molar-refractivity contribution in [2.75, 3.05) is 14.2 Å². The molecule has 0 spiro atoms. The third-order valence-corrected chi connectivity index (χ3v) is 2.10. The van der Waals surface area contributed by atoms with E-state index in [9.17, 15) is 0 Å². The van der Waals surface area contributed by atoms with Crippen LogP contribution in [0.2, 0.25) is 0 Å². The fourth-order valence-corrected chi connectivity index (χ4v) is 1.35. The lowest BCUT2D eigenvalue weighted by atomic mass is 10.2. The number of benzene rings is 1. The molecule has 1 aromatic heterocycles. The first-order valence-corrected chi connectivity index (χ1v) is 4.48. The Hall–Kier alpha value is -1.97. The zero-order chi connectivity index (χ0) is 10.7. The monoisotopic (exact) mass is 203 g/mol. The molecule has 1 heterocycles. The average molecular weight is 203 g/mol. The molecule has 0 fully saturated rings. The number of rotatable bonds is 3. The van der Waals surface area contributed by atoms with Crippen molar-refractivity contribution in [3.63, 3.8) is 0 Å². The molecule has 0 aliphatic heterocycles. The Morgan fingerprint density at radius 3 is 2.73 bits per heavy atom. The van der Waals surface area contributed by atoms with Crippen LogP contribution < -0.4 is 9.47 Å². The summed E-state index contributed by atoms with van der Waals surface area (Å²) >= 11 is 0. The smallest absolute Gasteiger partial charge is 0.181 e. The van der Waals surface area contributed by atoms with E-state index < -0.39 is 0 Å². The first kappa shape index (κ1) is 9.58. The van der Waals surface area contributed by atoms with Crippen LogP contribution >= 0.6 is 0 Å². The zero-order valence-corrected chi connectivity index (χ0v) is 8.60. The summed E-state index contributed by atoms with van der Waals surface area (Å²) in [5.74, 6) is 1.49. The Morgan fingerprint density at radius 2 is 2.13 bits per heavy atom. The molecule has 2 aromatic rings. The molecule has 0 bridgehead atoms. The fourth-order valence-electron chi connectivity index (χ4n) is 1.35.